The Morgan fingerprint density at radius 2 is 2.17 bits per heavy atom. The van der Waals surface area contributed by atoms with Gasteiger partial charge in [0, 0.05) is 0 Å². The topological polar surface area (TPSA) is 87.4 Å². The summed E-state index contributed by atoms with van der Waals surface area (Å²) in [5.74, 6) is 0.573. The van der Waals surface area contributed by atoms with Crippen LogP contribution in [-0.4, -0.2) is 28.4 Å². The third kappa shape index (κ3) is 3.22. The molecule has 1 aromatic rings. The minimum absolute atomic E-state index is 0.111. The molecule has 0 spiro atoms. The first kappa shape index (κ1) is 14.5. The first-order valence-corrected chi connectivity index (χ1v) is 6.11. The van der Waals surface area contributed by atoms with E-state index < -0.39 is 5.54 Å². The number of aliphatic hydroxyl groups is 1. The molecule has 6 nitrogen and oxygen atoms in total. The summed E-state index contributed by atoms with van der Waals surface area (Å²) in [6.45, 7) is 7.25. The van der Waals surface area contributed by atoms with Crippen LogP contribution in [0, 0.1) is 6.92 Å². The van der Waals surface area contributed by atoms with Crippen molar-refractivity contribution in [1.29, 1.82) is 0 Å². The molecule has 0 radical (unpaired) electrons. The molecule has 0 saturated heterocycles. The first-order chi connectivity index (χ1) is 8.45. The highest BCUT2D eigenvalue weighted by Gasteiger charge is 2.24. The molecule has 3 N–H and O–H groups in total. The second-order valence-electron chi connectivity index (χ2n) is 4.57. The molecule has 18 heavy (non-hydrogen) atoms. The van der Waals surface area contributed by atoms with E-state index in [-0.39, 0.29) is 12.6 Å². The fourth-order valence-electron chi connectivity index (χ4n) is 1.48. The van der Waals surface area contributed by atoms with Gasteiger partial charge in [-0.25, -0.2) is 4.79 Å². The lowest BCUT2D eigenvalue weighted by Gasteiger charge is -2.27. The fourth-order valence-corrected chi connectivity index (χ4v) is 1.48. The van der Waals surface area contributed by atoms with Gasteiger partial charge in [0.1, 0.15) is 11.4 Å². The van der Waals surface area contributed by atoms with Gasteiger partial charge >= 0.3 is 6.03 Å². The van der Waals surface area contributed by atoms with Gasteiger partial charge in [0.2, 0.25) is 0 Å². The Hall–Kier alpha value is -1.56. The second kappa shape index (κ2) is 5.86. The van der Waals surface area contributed by atoms with Gasteiger partial charge in [-0.05, 0) is 26.7 Å². The minimum atomic E-state index is -0.623. The number of aryl methyl sites for hydroxylation is 2. The molecule has 6 heteroatoms. The smallest absolute Gasteiger partial charge is 0.319 e. The van der Waals surface area contributed by atoms with E-state index in [1.54, 1.807) is 13.8 Å². The predicted molar refractivity (Wildman–Crippen MR) is 68.6 cm³/mol. The van der Waals surface area contributed by atoms with Crippen molar-refractivity contribution in [3.8, 4) is 0 Å². The van der Waals surface area contributed by atoms with Crippen LogP contribution in [0.25, 0.3) is 0 Å². The van der Waals surface area contributed by atoms with E-state index in [4.69, 9.17) is 4.52 Å². The summed E-state index contributed by atoms with van der Waals surface area (Å²) >= 11 is 0. The summed E-state index contributed by atoms with van der Waals surface area (Å²) in [5, 5.41) is 18.6. The fraction of sp³-hybridized carbons (Fsp3) is 0.667. The molecule has 0 aliphatic heterocycles. The van der Waals surface area contributed by atoms with Crippen LogP contribution in [0.2, 0.25) is 0 Å². The Labute approximate surface area is 107 Å². The second-order valence-corrected chi connectivity index (χ2v) is 4.57. The highest BCUT2D eigenvalue weighted by atomic mass is 16.5. The Bertz CT molecular complexity index is 411. The average Bonchev–Trinajstić information content (AvgIpc) is 2.70. The van der Waals surface area contributed by atoms with Crippen LogP contribution in [0.3, 0.4) is 0 Å². The maximum Gasteiger partial charge on any atom is 0.319 e. The Kier molecular flexibility index (Phi) is 4.72. The van der Waals surface area contributed by atoms with Crippen molar-refractivity contribution in [2.45, 2.75) is 46.1 Å². The van der Waals surface area contributed by atoms with Crippen molar-refractivity contribution in [1.82, 2.24) is 10.5 Å². The van der Waals surface area contributed by atoms with Crippen molar-refractivity contribution in [3.05, 3.63) is 11.5 Å². The zero-order valence-corrected chi connectivity index (χ0v) is 11.3. The highest BCUT2D eigenvalue weighted by Crippen LogP contribution is 2.20. The number of nitrogens with one attached hydrogen (secondary N) is 2. The molecule has 1 rings (SSSR count). The molecule has 1 heterocycles. The van der Waals surface area contributed by atoms with Crippen LogP contribution in [0.4, 0.5) is 10.5 Å². The van der Waals surface area contributed by atoms with E-state index in [0.29, 0.717) is 30.0 Å². The normalized spacial score (nSPS) is 14.1. The number of carbonyl (C=O) groups is 1. The number of nitrogens with zero attached hydrogens (tertiary/aromatic N) is 1. The summed E-state index contributed by atoms with van der Waals surface area (Å²) in [4.78, 5) is 11.9. The molecule has 2 amide bonds. The average molecular weight is 255 g/mol. The SMILES string of the molecule is CCc1noc(C)c1NC(=O)NC(C)(CC)CO. The molecular formula is C12H21N3O3. The van der Waals surface area contributed by atoms with E-state index in [1.165, 1.54) is 0 Å². The number of hydrogen-bond acceptors (Lipinski definition) is 4. The number of amides is 2. The molecule has 0 aromatic carbocycles. The van der Waals surface area contributed by atoms with Crippen molar-refractivity contribution >= 4 is 11.7 Å². The summed E-state index contributed by atoms with van der Waals surface area (Å²) < 4.78 is 5.03. The number of aliphatic hydroxyl groups excluding tert-OH is 1. The van der Waals surface area contributed by atoms with E-state index in [9.17, 15) is 9.90 Å². The molecule has 1 unspecified atom stereocenters. The lowest BCUT2D eigenvalue weighted by atomic mass is 10.0. The quantitative estimate of drug-likeness (QED) is 0.749. The maximum absolute atomic E-state index is 11.9. The van der Waals surface area contributed by atoms with Crippen LogP contribution in [0.15, 0.2) is 4.52 Å². The molecule has 0 aliphatic carbocycles. The predicted octanol–water partition coefficient (Wildman–Crippen LogP) is 1.83. The van der Waals surface area contributed by atoms with Gasteiger partial charge in [-0.2, -0.15) is 0 Å². The lowest BCUT2D eigenvalue weighted by molar-refractivity contribution is 0.172. The molecule has 1 aromatic heterocycles. The van der Waals surface area contributed by atoms with Gasteiger partial charge in [-0.3, -0.25) is 0 Å². The number of anilines is 1. The van der Waals surface area contributed by atoms with Crippen LogP contribution < -0.4 is 10.6 Å². The van der Waals surface area contributed by atoms with Gasteiger partial charge in [-0.1, -0.05) is 19.0 Å². The van der Waals surface area contributed by atoms with Gasteiger partial charge in [0.05, 0.1) is 12.1 Å². The van der Waals surface area contributed by atoms with Crippen molar-refractivity contribution < 1.29 is 14.4 Å². The van der Waals surface area contributed by atoms with Gasteiger partial charge in [0.15, 0.2) is 5.76 Å². The molecule has 0 bridgehead atoms. The standard InChI is InChI=1S/C12H21N3O3/c1-5-9-10(8(3)18-15-9)13-11(17)14-12(4,6-2)7-16/h16H,5-7H2,1-4H3,(H2,13,14,17). The van der Waals surface area contributed by atoms with Crippen LogP contribution in [0.1, 0.15) is 38.6 Å². The van der Waals surface area contributed by atoms with Gasteiger partial charge in [-0.15, -0.1) is 0 Å². The van der Waals surface area contributed by atoms with E-state index >= 15 is 0 Å². The minimum Gasteiger partial charge on any atom is -0.394 e. The van der Waals surface area contributed by atoms with Crippen LogP contribution in [-0.2, 0) is 6.42 Å². The number of rotatable bonds is 5. The molecule has 0 aliphatic rings. The number of hydrogen-bond donors (Lipinski definition) is 3. The summed E-state index contributed by atoms with van der Waals surface area (Å²) in [7, 11) is 0. The summed E-state index contributed by atoms with van der Waals surface area (Å²) in [5.41, 5.74) is 0.692. The van der Waals surface area contributed by atoms with E-state index in [0.717, 1.165) is 0 Å². The number of carbonyl (C=O) groups excluding carboxylic acids is 1. The van der Waals surface area contributed by atoms with Gasteiger partial charge < -0.3 is 20.3 Å². The third-order valence-electron chi connectivity index (χ3n) is 3.05. The monoisotopic (exact) mass is 255 g/mol. The molecule has 0 saturated carbocycles. The van der Waals surface area contributed by atoms with E-state index in [2.05, 4.69) is 15.8 Å². The Morgan fingerprint density at radius 3 is 2.67 bits per heavy atom. The zero-order valence-electron chi connectivity index (χ0n) is 11.3. The molecule has 102 valence electrons. The van der Waals surface area contributed by atoms with Gasteiger partial charge in [0.25, 0.3) is 0 Å². The first-order valence-electron chi connectivity index (χ1n) is 6.11. The summed E-state index contributed by atoms with van der Waals surface area (Å²) in [6, 6.07) is -0.366. The molecule has 1 atom stereocenters. The Balaban J connectivity index is 2.73. The zero-order chi connectivity index (χ0) is 13.8. The number of aromatic nitrogens is 1. The number of urea groups is 1. The van der Waals surface area contributed by atoms with E-state index in [1.807, 2.05) is 13.8 Å². The largest absolute Gasteiger partial charge is 0.394 e. The lowest BCUT2D eigenvalue weighted by Crippen LogP contribution is -2.50. The molecule has 0 fully saturated rings. The van der Waals surface area contributed by atoms with Crippen LogP contribution in [0.5, 0.6) is 0 Å². The third-order valence-corrected chi connectivity index (χ3v) is 3.05. The van der Waals surface area contributed by atoms with Crippen molar-refractivity contribution in [2.24, 2.45) is 0 Å². The maximum atomic E-state index is 11.9. The summed E-state index contributed by atoms with van der Waals surface area (Å²) in [6.07, 6.45) is 1.32. The Morgan fingerprint density at radius 1 is 1.50 bits per heavy atom. The molecular weight excluding hydrogens is 234 g/mol. The van der Waals surface area contributed by atoms with Crippen molar-refractivity contribution in [3.63, 3.8) is 0 Å². The highest BCUT2D eigenvalue weighted by molar-refractivity contribution is 5.90. The van der Waals surface area contributed by atoms with Crippen molar-refractivity contribution in [2.75, 3.05) is 11.9 Å². The van der Waals surface area contributed by atoms with Crippen LogP contribution >= 0.6 is 0 Å².